The highest BCUT2D eigenvalue weighted by Gasteiger charge is 2.74. The Bertz CT molecular complexity index is 434. The zero-order valence-corrected chi connectivity index (χ0v) is 11.2. The van der Waals surface area contributed by atoms with Crippen LogP contribution in [0.2, 0.25) is 0 Å². The first-order valence-electron chi connectivity index (χ1n) is 6.78. The molecule has 0 aromatic rings. The van der Waals surface area contributed by atoms with Crippen LogP contribution in [0.3, 0.4) is 0 Å². The van der Waals surface area contributed by atoms with Crippen LogP contribution in [0, 0.1) is 22.7 Å². The van der Waals surface area contributed by atoms with Crippen molar-refractivity contribution in [1.82, 2.24) is 0 Å². The van der Waals surface area contributed by atoms with Crippen LogP contribution in [0.1, 0.15) is 47.0 Å². The minimum atomic E-state index is -0.373. The third-order valence-electron chi connectivity index (χ3n) is 5.98. The van der Waals surface area contributed by atoms with Crippen molar-refractivity contribution >= 4 is 5.78 Å². The zero-order chi connectivity index (χ0) is 12.6. The molecule has 1 unspecified atom stereocenters. The molecule has 0 saturated heterocycles. The number of fused-ring (bicyclic) bond motifs is 3. The molecule has 94 valence electrons. The van der Waals surface area contributed by atoms with Crippen LogP contribution in [-0.4, -0.2) is 17.0 Å². The van der Waals surface area contributed by atoms with E-state index in [1.807, 2.05) is 6.92 Å². The molecule has 0 aliphatic heterocycles. The van der Waals surface area contributed by atoms with Crippen LogP contribution in [0.5, 0.6) is 0 Å². The summed E-state index contributed by atoms with van der Waals surface area (Å²) in [5, 5.41) is 10.7. The molecule has 0 heterocycles. The van der Waals surface area contributed by atoms with Crippen molar-refractivity contribution in [3.63, 3.8) is 0 Å². The molecule has 0 aromatic carbocycles. The topological polar surface area (TPSA) is 37.3 Å². The molecular formula is C15H22O2. The molecule has 4 atom stereocenters. The number of aliphatic hydroxyl groups is 1. The Kier molecular flexibility index (Phi) is 2.04. The molecule has 0 spiro atoms. The second kappa shape index (κ2) is 3.03. The summed E-state index contributed by atoms with van der Waals surface area (Å²) in [6.45, 7) is 8.60. The lowest BCUT2D eigenvalue weighted by Gasteiger charge is -2.35. The maximum Gasteiger partial charge on any atom is 0.158 e. The Balaban J connectivity index is 2.14. The maximum absolute atomic E-state index is 11.9. The van der Waals surface area contributed by atoms with Gasteiger partial charge in [0.1, 0.15) is 0 Å². The lowest BCUT2D eigenvalue weighted by atomic mass is 9.69. The Morgan fingerprint density at radius 2 is 2.06 bits per heavy atom. The molecule has 0 radical (unpaired) electrons. The molecule has 2 saturated carbocycles. The minimum absolute atomic E-state index is 0.0793. The largest absolute Gasteiger partial charge is 0.388 e. The zero-order valence-electron chi connectivity index (χ0n) is 11.2. The van der Waals surface area contributed by atoms with Gasteiger partial charge in [-0.25, -0.2) is 0 Å². The molecular weight excluding hydrogens is 212 g/mol. The molecule has 3 aliphatic carbocycles. The summed E-state index contributed by atoms with van der Waals surface area (Å²) in [6, 6.07) is 0. The second-order valence-corrected chi connectivity index (χ2v) is 6.81. The summed E-state index contributed by atoms with van der Waals surface area (Å²) < 4.78 is 0. The molecule has 0 amide bonds. The number of carbonyl (C=O) groups is 1. The molecule has 0 aromatic heterocycles. The summed E-state index contributed by atoms with van der Waals surface area (Å²) in [7, 11) is 0. The average Bonchev–Trinajstić information content (AvgIpc) is 2.97. The molecule has 2 heteroatoms. The Morgan fingerprint density at radius 1 is 1.41 bits per heavy atom. The van der Waals surface area contributed by atoms with E-state index in [0.29, 0.717) is 18.3 Å². The first-order chi connectivity index (χ1) is 7.85. The van der Waals surface area contributed by atoms with E-state index in [2.05, 4.69) is 20.8 Å². The van der Waals surface area contributed by atoms with E-state index in [0.717, 1.165) is 24.0 Å². The van der Waals surface area contributed by atoms with Gasteiger partial charge in [-0.05, 0) is 48.2 Å². The van der Waals surface area contributed by atoms with Crippen LogP contribution in [0.15, 0.2) is 11.1 Å². The van der Waals surface area contributed by atoms with Crippen molar-refractivity contribution in [2.45, 2.75) is 53.1 Å². The Labute approximate surface area is 103 Å². The number of rotatable bonds is 1. The molecule has 0 bridgehead atoms. The highest BCUT2D eigenvalue weighted by atomic mass is 16.3. The number of allylic oxidation sites excluding steroid dienone is 1. The van der Waals surface area contributed by atoms with E-state index in [1.54, 1.807) is 0 Å². The van der Waals surface area contributed by atoms with Crippen LogP contribution >= 0.6 is 0 Å². The monoisotopic (exact) mass is 234 g/mol. The molecule has 2 fully saturated rings. The number of ketones is 1. The van der Waals surface area contributed by atoms with Gasteiger partial charge in [-0.1, -0.05) is 20.8 Å². The van der Waals surface area contributed by atoms with E-state index in [9.17, 15) is 9.90 Å². The lowest BCUT2D eigenvalue weighted by molar-refractivity contribution is -0.117. The normalized spacial score (nSPS) is 48.5. The highest BCUT2D eigenvalue weighted by Crippen LogP contribution is 2.77. The van der Waals surface area contributed by atoms with Gasteiger partial charge in [0.25, 0.3) is 0 Å². The van der Waals surface area contributed by atoms with Gasteiger partial charge >= 0.3 is 0 Å². The van der Waals surface area contributed by atoms with E-state index in [1.165, 1.54) is 0 Å². The molecule has 3 aliphatic rings. The fourth-order valence-electron chi connectivity index (χ4n) is 4.79. The van der Waals surface area contributed by atoms with E-state index in [4.69, 9.17) is 0 Å². The molecule has 3 rings (SSSR count). The maximum atomic E-state index is 11.9. The van der Waals surface area contributed by atoms with Gasteiger partial charge in [-0.15, -0.1) is 0 Å². The van der Waals surface area contributed by atoms with Crippen LogP contribution < -0.4 is 0 Å². The number of hydrogen-bond acceptors (Lipinski definition) is 2. The highest BCUT2D eigenvalue weighted by molar-refractivity contribution is 5.97. The summed E-state index contributed by atoms with van der Waals surface area (Å²) in [6.07, 6.45) is 2.38. The smallest absolute Gasteiger partial charge is 0.158 e. The van der Waals surface area contributed by atoms with Crippen molar-refractivity contribution < 1.29 is 9.90 Å². The third kappa shape index (κ3) is 1.08. The van der Waals surface area contributed by atoms with Gasteiger partial charge in [0.2, 0.25) is 0 Å². The minimum Gasteiger partial charge on any atom is -0.388 e. The van der Waals surface area contributed by atoms with Gasteiger partial charge in [-0.2, -0.15) is 0 Å². The van der Waals surface area contributed by atoms with Gasteiger partial charge in [0.05, 0.1) is 6.10 Å². The quantitative estimate of drug-likeness (QED) is 0.757. The summed E-state index contributed by atoms with van der Waals surface area (Å²) in [4.78, 5) is 11.9. The van der Waals surface area contributed by atoms with Gasteiger partial charge < -0.3 is 5.11 Å². The van der Waals surface area contributed by atoms with Crippen molar-refractivity contribution in [3.8, 4) is 0 Å². The lowest BCUT2D eigenvalue weighted by Crippen LogP contribution is -2.32. The van der Waals surface area contributed by atoms with Crippen LogP contribution in [0.25, 0.3) is 0 Å². The number of hydrogen-bond donors (Lipinski definition) is 1. The number of carbonyl (C=O) groups excluding carboxylic acids is 1. The Morgan fingerprint density at radius 3 is 2.65 bits per heavy atom. The fraction of sp³-hybridized carbons (Fsp3) is 0.800. The molecule has 1 N–H and O–H groups in total. The SMILES string of the molecule is CC1=C2[C@H](O)[C@]3(C(C)C)CC3[C@@]2(C)CCC1=O. The first-order valence-corrected chi connectivity index (χ1v) is 6.78. The third-order valence-corrected chi connectivity index (χ3v) is 5.98. The molecule has 17 heavy (non-hydrogen) atoms. The van der Waals surface area contributed by atoms with Crippen molar-refractivity contribution in [3.05, 3.63) is 11.1 Å². The first kappa shape index (κ1) is 11.5. The number of aliphatic hydroxyl groups excluding tert-OH is 1. The van der Waals surface area contributed by atoms with Gasteiger partial charge in [-0.3, -0.25) is 4.79 Å². The van der Waals surface area contributed by atoms with E-state index in [-0.39, 0.29) is 22.7 Å². The van der Waals surface area contributed by atoms with Crippen LogP contribution in [0.4, 0.5) is 0 Å². The van der Waals surface area contributed by atoms with Crippen molar-refractivity contribution in [2.24, 2.45) is 22.7 Å². The Hall–Kier alpha value is -0.630. The predicted molar refractivity (Wildman–Crippen MR) is 66.4 cm³/mol. The van der Waals surface area contributed by atoms with Gasteiger partial charge in [0, 0.05) is 11.8 Å². The molecule has 2 nitrogen and oxygen atoms in total. The number of Topliss-reactive ketones (excluding diaryl/α,β-unsaturated/α-hetero) is 1. The van der Waals surface area contributed by atoms with Gasteiger partial charge in [0.15, 0.2) is 5.78 Å². The van der Waals surface area contributed by atoms with Crippen molar-refractivity contribution in [2.75, 3.05) is 0 Å². The van der Waals surface area contributed by atoms with Crippen molar-refractivity contribution in [1.29, 1.82) is 0 Å². The average molecular weight is 234 g/mol. The second-order valence-electron chi connectivity index (χ2n) is 6.81. The standard InChI is InChI=1S/C15H22O2/c1-8(2)15-7-11(15)14(4)6-5-10(16)9(3)12(14)13(15)17/h8,11,13,17H,5-7H2,1-4H3/t11?,13-,14+,15-/m0/s1. The van der Waals surface area contributed by atoms with Crippen LogP contribution in [-0.2, 0) is 4.79 Å². The van der Waals surface area contributed by atoms with E-state index < -0.39 is 0 Å². The summed E-state index contributed by atoms with van der Waals surface area (Å²) >= 11 is 0. The summed E-state index contributed by atoms with van der Waals surface area (Å²) in [5.74, 6) is 1.35. The summed E-state index contributed by atoms with van der Waals surface area (Å²) in [5.41, 5.74) is 2.12. The predicted octanol–water partition coefficient (Wildman–Crippen LogP) is 2.71. The fourth-order valence-corrected chi connectivity index (χ4v) is 4.79. The van der Waals surface area contributed by atoms with E-state index >= 15 is 0 Å².